The maximum absolute atomic E-state index is 13.9. The Morgan fingerprint density at radius 2 is 1.78 bits per heavy atom. The van der Waals surface area contributed by atoms with Gasteiger partial charge in [-0.15, -0.1) is 11.8 Å². The molecule has 37 heavy (non-hydrogen) atoms. The van der Waals surface area contributed by atoms with E-state index in [0.717, 1.165) is 35.2 Å². The molecular formula is C28H25FN4O2S2. The summed E-state index contributed by atoms with van der Waals surface area (Å²) in [5.74, 6) is 0.252. The number of carbonyl (C=O) groups excluding carboxylic acids is 2. The highest BCUT2D eigenvalue weighted by atomic mass is 32.2. The van der Waals surface area contributed by atoms with Crippen molar-refractivity contribution >= 4 is 40.7 Å². The first-order valence-corrected chi connectivity index (χ1v) is 14.3. The van der Waals surface area contributed by atoms with Crippen LogP contribution in [0, 0.1) is 5.82 Å². The zero-order chi connectivity index (χ0) is 25.4. The number of aromatic nitrogens is 2. The largest absolute Gasteiger partial charge is 0.341 e. The number of fused-ring (bicyclic) bond motifs is 1. The van der Waals surface area contributed by atoms with Crippen LogP contribution in [-0.4, -0.2) is 51.9 Å². The second-order valence-electron chi connectivity index (χ2n) is 9.16. The standard InChI is InChI=1S/C28H25FN4O2S2/c29-21-8-10-22(11-9-21)33-28-25(26(30-33)19-6-2-1-3-7-19)27(20-12-15-36-17-20)37-18-24(35)32(28)16-23(34)31-13-4-5-14-31/h1-3,6-12,15,17,27H,4-5,13-14,16,18H2. The summed E-state index contributed by atoms with van der Waals surface area (Å²) in [6, 6.07) is 18.0. The summed E-state index contributed by atoms with van der Waals surface area (Å²) in [6.45, 7) is 1.38. The molecule has 188 valence electrons. The molecule has 0 spiro atoms. The number of anilines is 1. The number of halogens is 1. The fourth-order valence-electron chi connectivity index (χ4n) is 4.98. The van der Waals surface area contributed by atoms with Gasteiger partial charge in [-0.1, -0.05) is 30.3 Å². The van der Waals surface area contributed by atoms with Crippen LogP contribution < -0.4 is 4.90 Å². The summed E-state index contributed by atoms with van der Waals surface area (Å²) >= 11 is 3.16. The molecular weight excluding hydrogens is 507 g/mol. The lowest BCUT2D eigenvalue weighted by molar-refractivity contribution is -0.130. The van der Waals surface area contributed by atoms with E-state index in [1.807, 2.05) is 40.6 Å². The molecule has 9 heteroatoms. The zero-order valence-corrected chi connectivity index (χ0v) is 21.7. The molecule has 4 aromatic rings. The lowest BCUT2D eigenvalue weighted by Gasteiger charge is -2.25. The van der Waals surface area contributed by atoms with Gasteiger partial charge in [0.05, 0.1) is 22.4 Å². The van der Waals surface area contributed by atoms with Gasteiger partial charge in [0, 0.05) is 24.2 Å². The van der Waals surface area contributed by atoms with Gasteiger partial charge in [0.1, 0.15) is 18.2 Å². The molecule has 6 nitrogen and oxygen atoms in total. The Morgan fingerprint density at radius 1 is 1.03 bits per heavy atom. The molecule has 0 bridgehead atoms. The molecule has 0 radical (unpaired) electrons. The zero-order valence-electron chi connectivity index (χ0n) is 20.0. The lowest BCUT2D eigenvalue weighted by atomic mass is 10.0. The van der Waals surface area contributed by atoms with Crippen molar-refractivity contribution in [2.75, 3.05) is 30.3 Å². The quantitative estimate of drug-likeness (QED) is 0.339. The Bertz CT molecular complexity index is 1410. The second-order valence-corrected chi connectivity index (χ2v) is 11.0. The molecule has 0 N–H and O–H groups in total. The Labute approximate surface area is 222 Å². The summed E-state index contributed by atoms with van der Waals surface area (Å²) in [7, 11) is 0. The molecule has 1 saturated heterocycles. The van der Waals surface area contributed by atoms with Crippen molar-refractivity contribution in [3.63, 3.8) is 0 Å². The predicted octanol–water partition coefficient (Wildman–Crippen LogP) is 5.53. The molecule has 2 aliphatic heterocycles. The molecule has 6 rings (SSSR count). The Balaban J connectivity index is 1.59. The van der Waals surface area contributed by atoms with E-state index >= 15 is 0 Å². The van der Waals surface area contributed by atoms with Crippen molar-refractivity contribution in [2.24, 2.45) is 0 Å². The summed E-state index contributed by atoms with van der Waals surface area (Å²) in [6.07, 6.45) is 1.96. The first-order chi connectivity index (χ1) is 18.1. The topological polar surface area (TPSA) is 58.4 Å². The van der Waals surface area contributed by atoms with Crippen molar-refractivity contribution in [3.8, 4) is 16.9 Å². The molecule has 2 aliphatic rings. The lowest BCUT2D eigenvalue weighted by Crippen LogP contribution is -2.43. The molecule has 1 unspecified atom stereocenters. The van der Waals surface area contributed by atoms with Crippen molar-refractivity contribution in [3.05, 3.63) is 88.4 Å². The summed E-state index contributed by atoms with van der Waals surface area (Å²) in [5.41, 5.74) is 4.27. The number of thioether (sulfide) groups is 1. The minimum atomic E-state index is -0.353. The molecule has 2 aromatic heterocycles. The monoisotopic (exact) mass is 532 g/mol. The van der Waals surface area contributed by atoms with Crippen LogP contribution in [0.25, 0.3) is 16.9 Å². The van der Waals surface area contributed by atoms with Gasteiger partial charge in [-0.05, 0) is 59.5 Å². The van der Waals surface area contributed by atoms with Gasteiger partial charge in [0.2, 0.25) is 11.8 Å². The molecule has 2 aromatic carbocycles. The fourth-order valence-corrected chi connectivity index (χ4v) is 6.94. The number of hydrogen-bond donors (Lipinski definition) is 0. The normalized spacial score (nSPS) is 17.6. The maximum Gasteiger partial charge on any atom is 0.242 e. The molecule has 1 atom stereocenters. The van der Waals surface area contributed by atoms with Gasteiger partial charge < -0.3 is 4.90 Å². The van der Waals surface area contributed by atoms with Gasteiger partial charge in [-0.3, -0.25) is 14.5 Å². The Morgan fingerprint density at radius 3 is 2.49 bits per heavy atom. The van der Waals surface area contributed by atoms with Crippen LogP contribution in [0.5, 0.6) is 0 Å². The maximum atomic E-state index is 13.9. The Kier molecular flexibility index (Phi) is 6.56. The predicted molar refractivity (Wildman–Crippen MR) is 146 cm³/mol. The molecule has 0 saturated carbocycles. The SMILES string of the molecule is O=C(CN1C(=O)CSC(c2ccsc2)c2c(-c3ccccc3)nn(-c3ccc(F)cc3)c21)N1CCCC1. The van der Waals surface area contributed by atoms with Crippen LogP contribution in [0.15, 0.2) is 71.4 Å². The second kappa shape index (κ2) is 10.1. The van der Waals surface area contributed by atoms with Crippen molar-refractivity contribution in [1.29, 1.82) is 0 Å². The fraction of sp³-hybridized carbons (Fsp3) is 0.250. The molecule has 1 fully saturated rings. The van der Waals surface area contributed by atoms with Crippen LogP contribution in [-0.2, 0) is 9.59 Å². The average Bonchev–Trinajstić information content (AvgIpc) is 3.69. The third-order valence-electron chi connectivity index (χ3n) is 6.81. The van der Waals surface area contributed by atoms with E-state index in [0.29, 0.717) is 24.6 Å². The van der Waals surface area contributed by atoms with Crippen LogP contribution >= 0.6 is 23.1 Å². The highest BCUT2D eigenvalue weighted by molar-refractivity contribution is 8.00. The number of thiophene rings is 1. The number of rotatable bonds is 5. The van der Waals surface area contributed by atoms with Crippen molar-refractivity contribution in [1.82, 2.24) is 14.7 Å². The van der Waals surface area contributed by atoms with Crippen LogP contribution in [0.2, 0.25) is 0 Å². The molecule has 2 amide bonds. The summed E-state index contributed by atoms with van der Waals surface area (Å²) < 4.78 is 15.6. The van der Waals surface area contributed by atoms with Crippen molar-refractivity contribution in [2.45, 2.75) is 18.1 Å². The molecule has 4 heterocycles. The van der Waals surface area contributed by atoms with E-state index in [2.05, 4.69) is 11.4 Å². The van der Waals surface area contributed by atoms with E-state index in [1.54, 1.807) is 44.8 Å². The van der Waals surface area contributed by atoms with E-state index in [9.17, 15) is 14.0 Å². The van der Waals surface area contributed by atoms with E-state index in [4.69, 9.17) is 5.10 Å². The minimum Gasteiger partial charge on any atom is -0.341 e. The van der Waals surface area contributed by atoms with Gasteiger partial charge in [0.25, 0.3) is 0 Å². The van der Waals surface area contributed by atoms with Crippen LogP contribution in [0.1, 0.15) is 29.2 Å². The number of amides is 2. The Hall–Kier alpha value is -3.43. The van der Waals surface area contributed by atoms with Crippen molar-refractivity contribution < 1.29 is 14.0 Å². The van der Waals surface area contributed by atoms with Gasteiger partial charge in [-0.2, -0.15) is 16.4 Å². The van der Waals surface area contributed by atoms with E-state index in [1.165, 1.54) is 12.1 Å². The number of hydrogen-bond acceptors (Lipinski definition) is 5. The third kappa shape index (κ3) is 4.57. The van der Waals surface area contributed by atoms with Gasteiger partial charge in [-0.25, -0.2) is 9.07 Å². The minimum absolute atomic E-state index is 0.0517. The smallest absolute Gasteiger partial charge is 0.242 e. The van der Waals surface area contributed by atoms with Crippen LogP contribution in [0.3, 0.4) is 0 Å². The third-order valence-corrected chi connectivity index (χ3v) is 8.76. The number of nitrogens with zero attached hydrogens (tertiary/aromatic N) is 4. The number of likely N-dealkylation sites (tertiary alicyclic amines) is 1. The first-order valence-electron chi connectivity index (χ1n) is 12.3. The molecule has 0 aliphatic carbocycles. The summed E-state index contributed by atoms with van der Waals surface area (Å²) in [4.78, 5) is 30.4. The van der Waals surface area contributed by atoms with E-state index < -0.39 is 0 Å². The van der Waals surface area contributed by atoms with Gasteiger partial charge >= 0.3 is 0 Å². The van der Waals surface area contributed by atoms with E-state index in [-0.39, 0.29) is 35.2 Å². The first kappa shape index (κ1) is 23.9. The average molecular weight is 533 g/mol. The van der Waals surface area contributed by atoms with Gasteiger partial charge in [0.15, 0.2) is 0 Å². The highest BCUT2D eigenvalue weighted by Gasteiger charge is 2.38. The van der Waals surface area contributed by atoms with Crippen LogP contribution in [0.4, 0.5) is 10.2 Å². The number of carbonyl (C=O) groups is 2. The highest BCUT2D eigenvalue weighted by Crippen LogP contribution is 2.48. The number of benzene rings is 2. The summed E-state index contributed by atoms with van der Waals surface area (Å²) in [5, 5.41) is 9.00.